The predicted octanol–water partition coefficient (Wildman–Crippen LogP) is 6.62. The smallest absolute Gasteiger partial charge is 0.387 e. The monoisotopic (exact) mass is 425 g/mol. The first-order chi connectivity index (χ1) is 10.5. The summed E-state index contributed by atoms with van der Waals surface area (Å²) >= 11 is 6.84. The first-order valence-corrected chi connectivity index (χ1v) is 8.24. The lowest BCUT2D eigenvalue weighted by Crippen LogP contribution is -1.95. The van der Waals surface area contributed by atoms with Gasteiger partial charge in [0, 0.05) is 5.56 Å². The van der Waals surface area contributed by atoms with Gasteiger partial charge in [-0.1, -0.05) is 13.8 Å². The topological polar surface area (TPSA) is 46.6 Å². The zero-order valence-electron chi connectivity index (χ0n) is 12.4. The molecule has 0 fully saturated rings. The van der Waals surface area contributed by atoms with E-state index in [0.29, 0.717) is 32.0 Å². The van der Waals surface area contributed by atoms with E-state index in [1.54, 1.807) is 19.2 Å². The van der Waals surface area contributed by atoms with Crippen molar-refractivity contribution in [2.24, 2.45) is 0 Å². The molecule has 0 saturated carbocycles. The molecule has 0 atom stereocenters. The molecule has 0 heterocycles. The standard InChI is InChI=1S/C16H15Br2N2O2/c1-9(2)12-8-11(4-5-15(12)21-3)22-16-13(17)6-10(20-19)7-14(16)18/h4-9H,1-3H3/q+1. The first kappa shape index (κ1) is 16.8. The molecule has 0 aliphatic rings. The molecule has 0 aliphatic heterocycles. The summed E-state index contributed by atoms with van der Waals surface area (Å²) in [6, 6.07) is 9.06. The molecular formula is C16H15Br2N2O2+. The fourth-order valence-corrected chi connectivity index (χ4v) is 3.37. The minimum Gasteiger partial charge on any atom is -0.496 e. The van der Waals surface area contributed by atoms with Gasteiger partial charge < -0.3 is 9.47 Å². The summed E-state index contributed by atoms with van der Waals surface area (Å²) in [5.74, 6) is 2.49. The van der Waals surface area contributed by atoms with Gasteiger partial charge in [-0.15, -0.1) is 0 Å². The summed E-state index contributed by atoms with van der Waals surface area (Å²) in [5, 5.41) is 8.85. The molecule has 0 aliphatic carbocycles. The summed E-state index contributed by atoms with van der Waals surface area (Å²) in [6.45, 7) is 4.20. The SMILES string of the molecule is COc1ccc(Oc2c(Br)cc([N+]#N)cc2Br)cc1C(C)C. The third kappa shape index (κ3) is 3.60. The van der Waals surface area contributed by atoms with Crippen LogP contribution in [0, 0.1) is 5.39 Å². The van der Waals surface area contributed by atoms with Crippen LogP contribution < -0.4 is 9.47 Å². The van der Waals surface area contributed by atoms with E-state index in [1.165, 1.54) is 0 Å². The maximum absolute atomic E-state index is 8.85. The quantitative estimate of drug-likeness (QED) is 0.516. The van der Waals surface area contributed by atoms with Crippen molar-refractivity contribution in [1.29, 1.82) is 5.39 Å². The van der Waals surface area contributed by atoms with Crippen molar-refractivity contribution >= 4 is 37.5 Å². The summed E-state index contributed by atoms with van der Waals surface area (Å²) < 4.78 is 12.7. The van der Waals surface area contributed by atoms with Gasteiger partial charge in [-0.2, -0.15) is 0 Å². The molecule has 4 nitrogen and oxygen atoms in total. The number of benzene rings is 2. The minimum absolute atomic E-state index is 0.320. The van der Waals surface area contributed by atoms with E-state index in [1.807, 2.05) is 18.2 Å². The zero-order valence-corrected chi connectivity index (χ0v) is 15.6. The van der Waals surface area contributed by atoms with Crippen LogP contribution in [0.25, 0.3) is 4.98 Å². The average molecular weight is 427 g/mol. The van der Waals surface area contributed by atoms with Gasteiger partial charge in [0.1, 0.15) is 11.5 Å². The first-order valence-electron chi connectivity index (χ1n) is 6.66. The van der Waals surface area contributed by atoms with Gasteiger partial charge >= 0.3 is 5.69 Å². The Labute approximate surface area is 146 Å². The van der Waals surface area contributed by atoms with Gasteiger partial charge in [0.2, 0.25) is 5.39 Å². The average Bonchev–Trinajstić information content (AvgIpc) is 2.50. The van der Waals surface area contributed by atoms with Crippen LogP contribution >= 0.6 is 31.9 Å². The molecule has 0 saturated heterocycles. The Morgan fingerprint density at radius 2 is 1.73 bits per heavy atom. The second-order valence-corrected chi connectivity index (χ2v) is 6.71. The lowest BCUT2D eigenvalue weighted by Gasteiger charge is -2.15. The maximum atomic E-state index is 8.85. The Morgan fingerprint density at radius 1 is 1.09 bits per heavy atom. The van der Waals surface area contributed by atoms with Crippen molar-refractivity contribution in [3.63, 3.8) is 0 Å². The van der Waals surface area contributed by atoms with Crippen LogP contribution in [0.3, 0.4) is 0 Å². The van der Waals surface area contributed by atoms with Crippen LogP contribution in [-0.2, 0) is 0 Å². The van der Waals surface area contributed by atoms with E-state index in [4.69, 9.17) is 14.9 Å². The predicted molar refractivity (Wildman–Crippen MR) is 93.7 cm³/mol. The van der Waals surface area contributed by atoms with Crippen LogP contribution in [0.2, 0.25) is 0 Å². The zero-order chi connectivity index (χ0) is 16.3. The van der Waals surface area contributed by atoms with Gasteiger partial charge in [-0.3, -0.25) is 0 Å². The van der Waals surface area contributed by atoms with Crippen molar-refractivity contribution in [2.75, 3.05) is 7.11 Å². The van der Waals surface area contributed by atoms with Crippen molar-refractivity contribution in [3.8, 4) is 17.2 Å². The van der Waals surface area contributed by atoms with Gasteiger partial charge in [0.25, 0.3) is 0 Å². The van der Waals surface area contributed by atoms with Crippen LogP contribution in [0.1, 0.15) is 25.3 Å². The number of diazo groups is 1. The summed E-state index contributed by atoms with van der Waals surface area (Å²) in [6.07, 6.45) is 0. The molecule has 0 bridgehead atoms. The lowest BCUT2D eigenvalue weighted by atomic mass is 10.0. The van der Waals surface area contributed by atoms with Gasteiger partial charge in [-0.25, -0.2) is 0 Å². The third-order valence-electron chi connectivity index (χ3n) is 3.14. The Balaban J connectivity index is 2.40. The largest absolute Gasteiger partial charge is 0.496 e. The Hall–Kier alpha value is -1.58. The number of hydrogen-bond donors (Lipinski definition) is 0. The summed E-state index contributed by atoms with van der Waals surface area (Å²) in [4.78, 5) is 3.17. The van der Waals surface area contributed by atoms with E-state index in [-0.39, 0.29) is 0 Å². The number of hydrogen-bond acceptors (Lipinski definition) is 3. The fraction of sp³-hybridized carbons (Fsp3) is 0.250. The Kier molecular flexibility index (Phi) is 5.43. The number of nitrogens with zero attached hydrogens (tertiary/aromatic N) is 2. The summed E-state index contributed by atoms with van der Waals surface area (Å²) in [5.41, 5.74) is 1.51. The molecule has 2 aromatic carbocycles. The molecule has 0 radical (unpaired) electrons. The Bertz CT molecular complexity index is 716. The highest BCUT2D eigenvalue weighted by Gasteiger charge is 2.17. The number of halogens is 2. The van der Waals surface area contributed by atoms with Crippen LogP contribution in [-0.4, -0.2) is 7.11 Å². The molecule has 0 aromatic heterocycles. The van der Waals surface area contributed by atoms with E-state index < -0.39 is 0 Å². The molecule has 0 unspecified atom stereocenters. The molecule has 2 aromatic rings. The van der Waals surface area contributed by atoms with E-state index >= 15 is 0 Å². The van der Waals surface area contributed by atoms with Crippen LogP contribution in [0.15, 0.2) is 39.3 Å². The highest BCUT2D eigenvalue weighted by molar-refractivity contribution is 9.11. The van der Waals surface area contributed by atoms with Crippen molar-refractivity contribution in [1.82, 2.24) is 0 Å². The van der Waals surface area contributed by atoms with E-state index in [2.05, 4.69) is 50.7 Å². The van der Waals surface area contributed by atoms with Crippen LogP contribution in [0.4, 0.5) is 5.69 Å². The molecule has 0 spiro atoms. The number of methoxy groups -OCH3 is 1. The van der Waals surface area contributed by atoms with Gasteiger partial charge in [-0.05, 0) is 56.0 Å². The van der Waals surface area contributed by atoms with Gasteiger partial charge in [0.05, 0.1) is 28.2 Å². The molecule has 6 heteroatoms. The third-order valence-corrected chi connectivity index (χ3v) is 4.32. The lowest BCUT2D eigenvalue weighted by molar-refractivity contribution is 0.405. The second-order valence-electron chi connectivity index (χ2n) is 5.00. The molecule has 0 N–H and O–H groups in total. The minimum atomic E-state index is 0.320. The van der Waals surface area contributed by atoms with Crippen molar-refractivity contribution in [3.05, 3.63) is 49.8 Å². The normalized spacial score (nSPS) is 10.4. The van der Waals surface area contributed by atoms with Crippen molar-refractivity contribution in [2.45, 2.75) is 19.8 Å². The highest BCUT2D eigenvalue weighted by atomic mass is 79.9. The fourth-order valence-electron chi connectivity index (χ4n) is 2.05. The molecule has 114 valence electrons. The molecule has 0 amide bonds. The maximum Gasteiger partial charge on any atom is 0.387 e. The second kappa shape index (κ2) is 7.12. The molecular weight excluding hydrogens is 412 g/mol. The Morgan fingerprint density at radius 3 is 2.23 bits per heavy atom. The highest BCUT2D eigenvalue weighted by Crippen LogP contribution is 2.41. The van der Waals surface area contributed by atoms with E-state index in [0.717, 1.165) is 11.3 Å². The van der Waals surface area contributed by atoms with E-state index in [9.17, 15) is 0 Å². The van der Waals surface area contributed by atoms with Crippen molar-refractivity contribution < 1.29 is 9.47 Å². The number of rotatable bonds is 4. The molecule has 22 heavy (non-hydrogen) atoms. The summed E-state index contributed by atoms with van der Waals surface area (Å²) in [7, 11) is 1.66. The molecule has 2 rings (SSSR count). The van der Waals surface area contributed by atoms with Crippen LogP contribution in [0.5, 0.6) is 17.2 Å². The number of ether oxygens (including phenoxy) is 2. The van der Waals surface area contributed by atoms with Gasteiger partial charge in [0.15, 0.2) is 10.7 Å².